The predicted molar refractivity (Wildman–Crippen MR) is 260 cm³/mol. The summed E-state index contributed by atoms with van der Waals surface area (Å²) in [6.45, 7) is 4.43. The van der Waals surface area contributed by atoms with Crippen molar-refractivity contribution in [1.29, 1.82) is 0 Å². The van der Waals surface area contributed by atoms with E-state index in [0.29, 0.717) is 17.4 Å². The van der Waals surface area contributed by atoms with Crippen molar-refractivity contribution in [2.45, 2.75) is 212 Å². The van der Waals surface area contributed by atoms with Crippen molar-refractivity contribution in [2.75, 3.05) is 40.9 Å². The lowest BCUT2D eigenvalue weighted by Crippen LogP contribution is -2.45. The molecule has 0 saturated carbocycles. The average Bonchev–Trinajstić information content (AvgIpc) is 3.21. The second kappa shape index (κ2) is 43.2. The molecular weight excluding hydrogens is 780 g/mol. The number of unbranched alkanes of at least 4 members (excludes halogenated alkanes) is 21. The predicted octanol–water partition coefficient (Wildman–Crippen LogP) is 13.7. The molecule has 9 heteroatoms. The minimum atomic E-state index is -4.59. The molecule has 0 bridgehead atoms. The third-order valence-corrected chi connectivity index (χ3v) is 11.6. The fourth-order valence-corrected chi connectivity index (χ4v) is 7.46. The molecule has 0 aliphatic carbocycles. The number of quaternary nitrogens is 1. The number of aliphatic hydroxyl groups is 1. The van der Waals surface area contributed by atoms with E-state index in [1.165, 1.54) is 116 Å². The van der Waals surface area contributed by atoms with Crippen LogP contribution in [0.4, 0.5) is 0 Å². The Morgan fingerprint density at radius 2 is 1.02 bits per heavy atom. The highest BCUT2D eigenvalue weighted by atomic mass is 31.2. The Labute approximate surface area is 376 Å². The molecule has 1 amide bonds. The van der Waals surface area contributed by atoms with E-state index in [9.17, 15) is 19.4 Å². The zero-order chi connectivity index (χ0) is 45.0. The van der Waals surface area contributed by atoms with Gasteiger partial charge in [0.1, 0.15) is 13.2 Å². The normalized spacial score (nSPS) is 14.8. The highest BCUT2D eigenvalue weighted by Crippen LogP contribution is 2.38. The Kier molecular flexibility index (Phi) is 41.7. The summed E-state index contributed by atoms with van der Waals surface area (Å²) < 4.78 is 23.1. The van der Waals surface area contributed by atoms with Gasteiger partial charge >= 0.3 is 0 Å². The second-order valence-electron chi connectivity index (χ2n) is 17.8. The Bertz CT molecular complexity index is 1220. The van der Waals surface area contributed by atoms with Crippen molar-refractivity contribution in [2.24, 2.45) is 0 Å². The quantitative estimate of drug-likeness (QED) is 0.0273. The van der Waals surface area contributed by atoms with Crippen LogP contribution in [0.1, 0.15) is 200 Å². The van der Waals surface area contributed by atoms with Gasteiger partial charge in [0.05, 0.1) is 39.9 Å². The van der Waals surface area contributed by atoms with Gasteiger partial charge in [0, 0.05) is 6.42 Å². The summed E-state index contributed by atoms with van der Waals surface area (Å²) in [5.41, 5.74) is 0. The number of phosphoric acid groups is 1. The number of allylic oxidation sites excluding steroid dienone is 11. The molecule has 0 rings (SSSR count). The van der Waals surface area contributed by atoms with Gasteiger partial charge in [-0.25, -0.2) is 0 Å². The first-order valence-corrected chi connectivity index (χ1v) is 26.3. The topological polar surface area (TPSA) is 108 Å². The third-order valence-electron chi connectivity index (χ3n) is 10.7. The fraction of sp³-hybridized carbons (Fsp3) is 0.750. The Morgan fingerprint density at radius 1 is 0.590 bits per heavy atom. The lowest BCUT2D eigenvalue weighted by molar-refractivity contribution is -0.870. The maximum absolute atomic E-state index is 12.8. The van der Waals surface area contributed by atoms with E-state index in [0.717, 1.165) is 64.2 Å². The number of likely N-dealkylation sites (N-methyl/N-ethyl adjacent to an activating group) is 1. The van der Waals surface area contributed by atoms with E-state index in [4.69, 9.17) is 9.05 Å². The number of rotatable bonds is 44. The molecule has 0 heterocycles. The van der Waals surface area contributed by atoms with Crippen LogP contribution in [-0.2, 0) is 18.4 Å². The molecule has 0 saturated heterocycles. The molecule has 0 aromatic rings. The molecule has 0 aromatic heterocycles. The fourth-order valence-electron chi connectivity index (χ4n) is 6.73. The smallest absolute Gasteiger partial charge is 0.268 e. The minimum absolute atomic E-state index is 0.00829. The molecule has 0 spiro atoms. The van der Waals surface area contributed by atoms with Crippen LogP contribution in [0.15, 0.2) is 72.9 Å². The summed E-state index contributed by atoms with van der Waals surface area (Å²) in [6.07, 6.45) is 58.6. The van der Waals surface area contributed by atoms with Gasteiger partial charge in [0.15, 0.2) is 0 Å². The summed E-state index contributed by atoms with van der Waals surface area (Å²) in [5.74, 6) is -0.212. The van der Waals surface area contributed by atoms with Crippen LogP contribution in [0.25, 0.3) is 0 Å². The standard InChI is InChI=1S/C52H95N2O6P/c1-6-8-10-12-14-16-17-18-19-20-21-22-23-24-25-26-27-28-29-30-31-32-33-34-35-36-37-38-40-42-44-46-52(56)53-50(49-60-61(57,58)59-48-47-54(3,4)5)51(55)45-43-41-39-15-13-11-9-7-2/h8,10,13-16,18-19,21-22,43,45,50-51,55H,6-7,9,11-12,17,20,23-42,44,46-49H2,1-5H3,(H-,53,56,57,58)/b10-8-,15-13+,16-14-,19-18-,22-21-,45-43+. The molecule has 354 valence electrons. The highest BCUT2D eigenvalue weighted by Gasteiger charge is 2.23. The molecule has 0 aliphatic heterocycles. The largest absolute Gasteiger partial charge is 0.756 e. The van der Waals surface area contributed by atoms with Crippen LogP contribution in [-0.4, -0.2) is 68.5 Å². The average molecular weight is 875 g/mol. The third kappa shape index (κ3) is 45.8. The summed E-state index contributed by atoms with van der Waals surface area (Å²) in [7, 11) is 1.24. The number of aliphatic hydroxyl groups excluding tert-OH is 1. The van der Waals surface area contributed by atoms with Gasteiger partial charge in [-0.3, -0.25) is 9.36 Å². The van der Waals surface area contributed by atoms with Crippen LogP contribution in [0.2, 0.25) is 0 Å². The van der Waals surface area contributed by atoms with E-state index in [1.807, 2.05) is 27.2 Å². The monoisotopic (exact) mass is 875 g/mol. The van der Waals surface area contributed by atoms with Crippen molar-refractivity contribution in [3.8, 4) is 0 Å². The van der Waals surface area contributed by atoms with Gasteiger partial charge in [-0.2, -0.15) is 0 Å². The van der Waals surface area contributed by atoms with Crippen molar-refractivity contribution >= 4 is 13.7 Å². The number of nitrogens with zero attached hydrogens (tertiary/aromatic N) is 1. The summed E-state index contributed by atoms with van der Waals surface area (Å²) in [6, 6.07) is -0.902. The Hall–Kier alpha value is -2.06. The minimum Gasteiger partial charge on any atom is -0.756 e. The van der Waals surface area contributed by atoms with Gasteiger partial charge in [0.25, 0.3) is 7.82 Å². The van der Waals surface area contributed by atoms with Crippen molar-refractivity contribution in [1.82, 2.24) is 5.32 Å². The molecule has 0 radical (unpaired) electrons. The lowest BCUT2D eigenvalue weighted by Gasteiger charge is -2.29. The zero-order valence-electron chi connectivity index (χ0n) is 40.1. The van der Waals surface area contributed by atoms with Crippen LogP contribution in [0, 0.1) is 0 Å². The van der Waals surface area contributed by atoms with Crippen molar-refractivity contribution < 1.29 is 32.9 Å². The number of phosphoric ester groups is 1. The first-order valence-electron chi connectivity index (χ1n) is 24.8. The number of nitrogens with one attached hydrogen (secondary N) is 1. The van der Waals surface area contributed by atoms with Gasteiger partial charge in [0.2, 0.25) is 5.91 Å². The molecule has 3 atom stereocenters. The van der Waals surface area contributed by atoms with E-state index >= 15 is 0 Å². The molecule has 0 aromatic carbocycles. The first-order chi connectivity index (χ1) is 29.5. The van der Waals surface area contributed by atoms with Crippen LogP contribution in [0.3, 0.4) is 0 Å². The van der Waals surface area contributed by atoms with Gasteiger partial charge in [-0.15, -0.1) is 0 Å². The summed E-state index contributed by atoms with van der Waals surface area (Å²) in [5, 5.41) is 13.7. The lowest BCUT2D eigenvalue weighted by atomic mass is 10.0. The molecule has 2 N–H and O–H groups in total. The Morgan fingerprint density at radius 3 is 1.52 bits per heavy atom. The molecule has 61 heavy (non-hydrogen) atoms. The molecule has 3 unspecified atom stereocenters. The van der Waals surface area contributed by atoms with Crippen molar-refractivity contribution in [3.05, 3.63) is 72.9 Å². The maximum Gasteiger partial charge on any atom is 0.268 e. The number of amides is 1. The van der Waals surface area contributed by atoms with Crippen LogP contribution >= 0.6 is 7.82 Å². The molecule has 0 aliphatic rings. The van der Waals surface area contributed by atoms with Crippen LogP contribution < -0.4 is 10.2 Å². The number of carbonyl (C=O) groups excluding carboxylic acids is 1. The zero-order valence-corrected chi connectivity index (χ0v) is 41.0. The SMILES string of the molecule is CC/C=C\C/C=C\C/C=C\C/C=C\CCCCCCCCCCCCCCCCCCCCC(=O)NC(COP(=O)([O-])OCC[N+](C)(C)C)C(O)/C=C/CC/C=C/CCCC. The molecule has 8 nitrogen and oxygen atoms in total. The van der Waals surface area contributed by atoms with E-state index in [2.05, 4.69) is 79.9 Å². The number of carbonyl (C=O) groups is 1. The second-order valence-corrected chi connectivity index (χ2v) is 19.2. The van der Waals surface area contributed by atoms with Gasteiger partial charge in [-0.05, 0) is 64.2 Å². The van der Waals surface area contributed by atoms with Crippen LogP contribution in [0.5, 0.6) is 0 Å². The van der Waals surface area contributed by atoms with Gasteiger partial charge < -0.3 is 28.8 Å². The number of hydrogen-bond donors (Lipinski definition) is 2. The molecule has 0 fully saturated rings. The Balaban J connectivity index is 3.98. The highest BCUT2D eigenvalue weighted by molar-refractivity contribution is 7.45. The van der Waals surface area contributed by atoms with Crippen molar-refractivity contribution in [3.63, 3.8) is 0 Å². The first kappa shape index (κ1) is 58.9. The maximum atomic E-state index is 12.8. The summed E-state index contributed by atoms with van der Waals surface area (Å²) >= 11 is 0. The van der Waals surface area contributed by atoms with E-state index in [-0.39, 0.29) is 12.5 Å². The molecular formula is C52H95N2O6P. The number of hydrogen-bond acceptors (Lipinski definition) is 6. The van der Waals surface area contributed by atoms with E-state index in [1.54, 1.807) is 6.08 Å². The summed E-state index contributed by atoms with van der Waals surface area (Å²) in [4.78, 5) is 25.2. The van der Waals surface area contributed by atoms with E-state index < -0.39 is 26.6 Å². The van der Waals surface area contributed by atoms with Gasteiger partial charge in [-0.1, -0.05) is 202 Å².